The van der Waals surface area contributed by atoms with E-state index in [0.29, 0.717) is 0 Å². The molecule has 0 fully saturated rings. The van der Waals surface area contributed by atoms with Crippen molar-refractivity contribution in [2.45, 2.75) is 18.7 Å². The molecule has 0 N–H and O–H groups in total. The van der Waals surface area contributed by atoms with Crippen LogP contribution in [0.4, 0.5) is 0 Å². The van der Waals surface area contributed by atoms with Gasteiger partial charge in [-0.1, -0.05) is 43.3 Å². The summed E-state index contributed by atoms with van der Waals surface area (Å²) in [7, 11) is 0. The first-order valence-corrected chi connectivity index (χ1v) is 6.82. The lowest BCUT2D eigenvalue weighted by molar-refractivity contribution is 0.335. The fourth-order valence-corrected chi connectivity index (χ4v) is 2.22. The lowest BCUT2D eigenvalue weighted by Gasteiger charge is -2.22. The maximum absolute atomic E-state index is 6.46. The van der Waals surface area contributed by atoms with E-state index < -0.39 is 0 Å². The summed E-state index contributed by atoms with van der Waals surface area (Å²) in [5, 5.41) is 0.0100. The van der Waals surface area contributed by atoms with Crippen molar-refractivity contribution in [2.24, 2.45) is 0 Å². The molecule has 1 atom stereocenters. The minimum absolute atomic E-state index is 0.0100. The van der Waals surface area contributed by atoms with Gasteiger partial charge in [0.25, 0.3) is 0 Å². The first-order chi connectivity index (χ1) is 8.71. The molecule has 0 aromatic heterocycles. The molecule has 98 valence electrons. The molecular formula is C16H22ClN. The number of hydrogen-bond acceptors (Lipinski definition) is 1. The highest BCUT2D eigenvalue weighted by Crippen LogP contribution is 2.22. The summed E-state index contributed by atoms with van der Waals surface area (Å²) >= 11 is 6.46. The molecule has 1 nitrogen and oxygen atoms in total. The van der Waals surface area contributed by atoms with Gasteiger partial charge in [0.1, 0.15) is 0 Å². The van der Waals surface area contributed by atoms with Gasteiger partial charge in [-0.25, -0.2) is 0 Å². The van der Waals surface area contributed by atoms with Crippen LogP contribution in [-0.2, 0) is 6.42 Å². The highest BCUT2D eigenvalue weighted by atomic mass is 35.5. The Hall–Kier alpha value is -1.05. The van der Waals surface area contributed by atoms with E-state index in [1.54, 1.807) is 0 Å². The van der Waals surface area contributed by atoms with Crippen LogP contribution < -0.4 is 0 Å². The van der Waals surface area contributed by atoms with Crippen LogP contribution in [0.3, 0.4) is 0 Å². The van der Waals surface area contributed by atoms with Crippen molar-refractivity contribution in [3.05, 3.63) is 60.7 Å². The van der Waals surface area contributed by atoms with E-state index in [1.807, 2.05) is 12.2 Å². The molecule has 0 aliphatic rings. The van der Waals surface area contributed by atoms with Gasteiger partial charge in [0.05, 0.1) is 5.38 Å². The van der Waals surface area contributed by atoms with Crippen molar-refractivity contribution >= 4 is 11.6 Å². The van der Waals surface area contributed by atoms with Crippen LogP contribution in [0.5, 0.6) is 0 Å². The highest BCUT2D eigenvalue weighted by molar-refractivity contribution is 6.21. The van der Waals surface area contributed by atoms with Gasteiger partial charge in [0, 0.05) is 19.6 Å². The van der Waals surface area contributed by atoms with Gasteiger partial charge in [-0.2, -0.15) is 0 Å². The van der Waals surface area contributed by atoms with Gasteiger partial charge in [-0.05, 0) is 17.5 Å². The summed E-state index contributed by atoms with van der Waals surface area (Å²) < 4.78 is 0. The second-order valence-corrected chi connectivity index (χ2v) is 4.89. The van der Waals surface area contributed by atoms with E-state index in [9.17, 15) is 0 Å². The number of aryl methyl sites for hydroxylation is 1. The van der Waals surface area contributed by atoms with Crippen LogP contribution >= 0.6 is 11.6 Å². The predicted molar refractivity (Wildman–Crippen MR) is 81.2 cm³/mol. The van der Waals surface area contributed by atoms with Gasteiger partial charge in [-0.3, -0.25) is 4.90 Å². The SMILES string of the molecule is C=CCN(CC=C)CC(Cl)c1ccc(CC)cc1. The van der Waals surface area contributed by atoms with Crippen LogP contribution in [0, 0.1) is 0 Å². The Bertz CT molecular complexity index is 359. The molecule has 1 rings (SSSR count). The average Bonchev–Trinajstić information content (AvgIpc) is 2.39. The van der Waals surface area contributed by atoms with E-state index in [2.05, 4.69) is 49.2 Å². The molecule has 0 saturated heterocycles. The van der Waals surface area contributed by atoms with Gasteiger partial charge < -0.3 is 0 Å². The predicted octanol–water partition coefficient (Wildman–Crippen LogP) is 4.20. The summed E-state index contributed by atoms with van der Waals surface area (Å²) in [4.78, 5) is 2.23. The van der Waals surface area contributed by atoms with Gasteiger partial charge in [0.15, 0.2) is 0 Å². The smallest absolute Gasteiger partial charge is 0.0712 e. The molecule has 0 saturated carbocycles. The molecule has 0 aliphatic carbocycles. The highest BCUT2D eigenvalue weighted by Gasteiger charge is 2.11. The molecule has 0 amide bonds. The third-order valence-corrected chi connectivity index (χ3v) is 3.33. The summed E-state index contributed by atoms with van der Waals surface area (Å²) in [6, 6.07) is 8.54. The Morgan fingerprint density at radius 2 is 1.72 bits per heavy atom. The molecule has 2 heteroatoms. The van der Waals surface area contributed by atoms with Crippen LogP contribution in [0.2, 0.25) is 0 Å². The van der Waals surface area contributed by atoms with Gasteiger partial charge in [-0.15, -0.1) is 24.8 Å². The molecule has 0 aliphatic heterocycles. The molecule has 1 aromatic rings. The maximum atomic E-state index is 6.46. The van der Waals surface area contributed by atoms with E-state index in [1.165, 1.54) is 11.1 Å². The fourth-order valence-electron chi connectivity index (χ4n) is 1.88. The largest absolute Gasteiger partial charge is 0.294 e. The Morgan fingerprint density at radius 1 is 1.17 bits per heavy atom. The zero-order valence-corrected chi connectivity index (χ0v) is 11.9. The van der Waals surface area contributed by atoms with Crippen molar-refractivity contribution < 1.29 is 0 Å². The number of hydrogen-bond donors (Lipinski definition) is 0. The Labute approximate surface area is 116 Å². The van der Waals surface area contributed by atoms with E-state index >= 15 is 0 Å². The van der Waals surface area contributed by atoms with Gasteiger partial charge >= 0.3 is 0 Å². The van der Waals surface area contributed by atoms with Crippen molar-refractivity contribution in [3.63, 3.8) is 0 Å². The molecule has 0 radical (unpaired) electrons. The Balaban J connectivity index is 2.63. The van der Waals surface area contributed by atoms with Crippen molar-refractivity contribution in [1.82, 2.24) is 4.90 Å². The number of alkyl halides is 1. The number of rotatable bonds is 8. The second-order valence-electron chi connectivity index (χ2n) is 4.36. The van der Waals surface area contributed by atoms with Crippen molar-refractivity contribution in [2.75, 3.05) is 19.6 Å². The van der Waals surface area contributed by atoms with Crippen LogP contribution in [0.15, 0.2) is 49.6 Å². The summed E-state index contributed by atoms with van der Waals surface area (Å²) in [6.07, 6.45) is 4.85. The van der Waals surface area contributed by atoms with E-state index in [4.69, 9.17) is 11.6 Å². The van der Waals surface area contributed by atoms with Crippen LogP contribution in [0.1, 0.15) is 23.4 Å². The lowest BCUT2D eigenvalue weighted by Crippen LogP contribution is -2.27. The Morgan fingerprint density at radius 3 is 2.17 bits per heavy atom. The van der Waals surface area contributed by atoms with Crippen molar-refractivity contribution in [3.8, 4) is 0 Å². The summed E-state index contributed by atoms with van der Waals surface area (Å²) in [5.41, 5.74) is 2.52. The van der Waals surface area contributed by atoms with Crippen molar-refractivity contribution in [1.29, 1.82) is 0 Å². The van der Waals surface area contributed by atoms with Crippen LogP contribution in [0.25, 0.3) is 0 Å². The maximum Gasteiger partial charge on any atom is 0.0712 e. The molecule has 18 heavy (non-hydrogen) atoms. The first kappa shape index (κ1) is 15.0. The monoisotopic (exact) mass is 263 g/mol. The standard InChI is InChI=1S/C16H22ClN/c1-4-11-18(12-5-2)13-16(17)15-9-7-14(6-3)8-10-15/h4-5,7-10,16H,1-2,6,11-13H2,3H3. The van der Waals surface area contributed by atoms with Crippen LogP contribution in [-0.4, -0.2) is 24.5 Å². The quantitative estimate of drug-likeness (QED) is 0.502. The molecule has 0 heterocycles. The summed E-state index contributed by atoms with van der Waals surface area (Å²) in [6.45, 7) is 12.2. The molecular weight excluding hydrogens is 242 g/mol. The van der Waals surface area contributed by atoms with Gasteiger partial charge in [0.2, 0.25) is 0 Å². The van der Waals surface area contributed by atoms with E-state index in [-0.39, 0.29) is 5.38 Å². The number of nitrogens with zero attached hydrogens (tertiary/aromatic N) is 1. The third-order valence-electron chi connectivity index (χ3n) is 2.94. The Kier molecular flexibility index (Phi) is 6.77. The number of halogens is 1. The summed E-state index contributed by atoms with van der Waals surface area (Å²) in [5.74, 6) is 0. The minimum Gasteiger partial charge on any atom is -0.294 e. The molecule has 0 spiro atoms. The lowest BCUT2D eigenvalue weighted by atomic mass is 10.1. The zero-order chi connectivity index (χ0) is 13.4. The first-order valence-electron chi connectivity index (χ1n) is 6.38. The number of benzene rings is 1. The third kappa shape index (κ3) is 4.67. The second kappa shape index (κ2) is 8.12. The minimum atomic E-state index is 0.0100. The van der Waals surface area contributed by atoms with E-state index in [0.717, 1.165) is 26.1 Å². The normalized spacial score (nSPS) is 12.4. The zero-order valence-electron chi connectivity index (χ0n) is 11.1. The topological polar surface area (TPSA) is 3.24 Å². The molecule has 1 aromatic carbocycles. The fraction of sp³-hybridized carbons (Fsp3) is 0.375. The molecule has 0 bridgehead atoms. The molecule has 1 unspecified atom stereocenters. The average molecular weight is 264 g/mol.